The van der Waals surface area contributed by atoms with Crippen molar-refractivity contribution in [3.63, 3.8) is 0 Å². The van der Waals surface area contributed by atoms with Crippen molar-refractivity contribution in [2.45, 2.75) is 32.8 Å². The van der Waals surface area contributed by atoms with Crippen LogP contribution in [0.25, 0.3) is 0 Å². The molecule has 1 heterocycles. The number of carbonyl (C=O) groups excluding carboxylic acids is 3. The molecule has 0 spiro atoms. The van der Waals surface area contributed by atoms with E-state index in [4.69, 9.17) is 18.9 Å². The Morgan fingerprint density at radius 2 is 1.68 bits per heavy atom. The molecule has 0 saturated heterocycles. The number of nitro groups is 1. The zero-order valence-corrected chi connectivity index (χ0v) is 26.6. The molecule has 15 heteroatoms. The molecule has 0 fully saturated rings. The second kappa shape index (κ2) is 19.6. The van der Waals surface area contributed by atoms with Gasteiger partial charge in [0.2, 0.25) is 5.91 Å². The van der Waals surface area contributed by atoms with Gasteiger partial charge in [0, 0.05) is 37.5 Å². The van der Waals surface area contributed by atoms with E-state index in [0.29, 0.717) is 23.6 Å². The third-order valence-electron chi connectivity index (χ3n) is 6.72. The number of carbonyl (C=O) groups is 3. The number of hydrogen-bond donors (Lipinski definition) is 4. The normalized spacial score (nSPS) is 14.8. The van der Waals surface area contributed by atoms with Gasteiger partial charge in [-0.05, 0) is 38.5 Å². The molecule has 0 radical (unpaired) electrons. The van der Waals surface area contributed by atoms with Gasteiger partial charge >= 0.3 is 11.9 Å². The molecule has 47 heavy (non-hydrogen) atoms. The lowest BCUT2D eigenvalue weighted by molar-refractivity contribution is -0.384. The minimum atomic E-state index is -1.06. The quantitative estimate of drug-likeness (QED) is 0.0770. The number of aliphatic hydroxyl groups is 1. The van der Waals surface area contributed by atoms with E-state index < -0.39 is 34.8 Å². The largest absolute Gasteiger partial charge is 0.491 e. The number of non-ortho nitro benzene ring substituents is 1. The molecule has 2 unspecified atom stereocenters. The fourth-order valence-electron chi connectivity index (χ4n) is 4.71. The first-order valence-electron chi connectivity index (χ1n) is 14.9. The van der Waals surface area contributed by atoms with Crippen LogP contribution < -0.4 is 20.7 Å². The van der Waals surface area contributed by atoms with Crippen LogP contribution in [0.2, 0.25) is 0 Å². The molecule has 2 aromatic carbocycles. The maximum atomic E-state index is 13.3. The van der Waals surface area contributed by atoms with Crippen molar-refractivity contribution < 1.29 is 48.8 Å². The Morgan fingerprint density at radius 3 is 2.34 bits per heavy atom. The van der Waals surface area contributed by atoms with E-state index in [1.165, 1.54) is 18.2 Å². The zero-order chi connectivity index (χ0) is 33.5. The number of aliphatic hydroxyl groups excluding tert-OH is 1. The molecule has 0 aliphatic carbocycles. The topological polar surface area (TPSA) is 219 Å². The van der Waals surface area contributed by atoms with Gasteiger partial charge in [0.25, 0.3) is 5.69 Å². The fraction of sp³-hybridized carbons (Fsp3) is 0.406. The predicted octanol–water partition coefficient (Wildman–Crippen LogP) is 1.27. The Kier molecular flexibility index (Phi) is 16.0. The molecule has 2 aromatic rings. The van der Waals surface area contributed by atoms with Crippen molar-refractivity contribution >= 4 is 23.5 Å². The monoisotopic (exact) mass is 658 g/mol. The van der Waals surface area contributed by atoms with Gasteiger partial charge in [-0.1, -0.05) is 30.3 Å². The van der Waals surface area contributed by atoms with Crippen molar-refractivity contribution in [2.24, 2.45) is 0 Å². The van der Waals surface area contributed by atoms with Crippen LogP contribution in [0.3, 0.4) is 0 Å². The summed E-state index contributed by atoms with van der Waals surface area (Å²) in [4.78, 5) is 49.8. The van der Waals surface area contributed by atoms with E-state index >= 15 is 0 Å². The number of hydrogen-bond acceptors (Lipinski definition) is 12. The smallest absolute Gasteiger partial charge is 0.336 e. The molecule has 0 bridgehead atoms. The Morgan fingerprint density at radius 1 is 1.00 bits per heavy atom. The molecule has 3 rings (SSSR count). The molecule has 0 aromatic heterocycles. The number of dihydropyridines is 1. The van der Waals surface area contributed by atoms with Gasteiger partial charge in [-0.25, -0.2) is 9.59 Å². The summed E-state index contributed by atoms with van der Waals surface area (Å²) in [5.41, 5.74) is 0.779. The lowest BCUT2D eigenvalue weighted by atomic mass is 9.80. The Balaban J connectivity index is 0.00000768. The molecule has 1 aliphatic heterocycles. The first-order valence-corrected chi connectivity index (χ1v) is 14.9. The van der Waals surface area contributed by atoms with Gasteiger partial charge in [0.05, 0.1) is 47.5 Å². The van der Waals surface area contributed by atoms with E-state index in [0.717, 1.165) is 0 Å². The minimum absolute atomic E-state index is 0. The molecule has 1 aliphatic rings. The Labute approximate surface area is 272 Å². The highest BCUT2D eigenvalue weighted by molar-refractivity contribution is 6.00. The number of allylic oxidation sites excluding steroid dienone is 1. The van der Waals surface area contributed by atoms with Gasteiger partial charge < -0.3 is 45.5 Å². The first kappa shape index (κ1) is 38.4. The van der Waals surface area contributed by atoms with Crippen LogP contribution in [-0.2, 0) is 28.6 Å². The standard InChI is InChI=1S/C32H40N4O10.H2O/c1-4-44-31(39)28-21(3)35-26(30(32(40)45-5-2)29(28)22-10-9-11-23(16-22)36(41)42)19-43-20-27(38)34-15-14-33-17-24(37)18-46-25-12-7-6-8-13-25;/h6-13,16,24,29,33,35,37H,4-5,14-15,17-20H2,1-3H3,(H,34,38);1H2. The molecule has 2 atom stereocenters. The van der Waals surface area contributed by atoms with E-state index in [2.05, 4.69) is 16.0 Å². The average Bonchev–Trinajstić information content (AvgIpc) is 3.04. The van der Waals surface area contributed by atoms with Gasteiger partial charge in [0.1, 0.15) is 25.1 Å². The number of amides is 1. The SMILES string of the molecule is CCOC(=O)C1=C(C)NC(COCC(=O)NCCNCC(O)COc2ccccc2)=C(C(=O)OCC)C1c1cccc([N+](=O)[O-])c1.O. The number of benzene rings is 2. The van der Waals surface area contributed by atoms with E-state index in [1.807, 2.05) is 18.2 Å². The van der Waals surface area contributed by atoms with Crippen LogP contribution in [0.4, 0.5) is 5.69 Å². The summed E-state index contributed by atoms with van der Waals surface area (Å²) >= 11 is 0. The molecular formula is C32H42N4O11. The second-order valence-corrected chi connectivity index (χ2v) is 10.1. The number of nitro benzene ring substituents is 1. The predicted molar refractivity (Wildman–Crippen MR) is 170 cm³/mol. The summed E-state index contributed by atoms with van der Waals surface area (Å²) in [5.74, 6) is -2.28. The molecule has 0 saturated carbocycles. The molecule has 6 N–H and O–H groups in total. The number of ether oxygens (including phenoxy) is 4. The van der Waals surface area contributed by atoms with Crippen LogP contribution >= 0.6 is 0 Å². The van der Waals surface area contributed by atoms with Crippen LogP contribution in [0, 0.1) is 10.1 Å². The number of para-hydroxylation sites is 1. The third kappa shape index (κ3) is 11.5. The lowest BCUT2D eigenvalue weighted by Crippen LogP contribution is -2.38. The molecule has 256 valence electrons. The third-order valence-corrected chi connectivity index (χ3v) is 6.72. The van der Waals surface area contributed by atoms with E-state index in [-0.39, 0.29) is 74.1 Å². The Hall–Kier alpha value is -4.83. The van der Waals surface area contributed by atoms with Gasteiger partial charge in [-0.15, -0.1) is 0 Å². The lowest BCUT2D eigenvalue weighted by Gasteiger charge is -2.31. The highest BCUT2D eigenvalue weighted by Crippen LogP contribution is 2.40. The van der Waals surface area contributed by atoms with Crippen molar-refractivity contribution in [1.29, 1.82) is 0 Å². The summed E-state index contributed by atoms with van der Waals surface area (Å²) in [5, 5.41) is 30.4. The van der Waals surface area contributed by atoms with Crippen molar-refractivity contribution in [2.75, 3.05) is 52.7 Å². The molecular weight excluding hydrogens is 616 g/mol. The van der Waals surface area contributed by atoms with Crippen LogP contribution in [-0.4, -0.2) is 92.1 Å². The number of nitrogens with zero attached hydrogens (tertiary/aromatic N) is 1. The molecule has 1 amide bonds. The highest BCUT2D eigenvalue weighted by Gasteiger charge is 2.39. The molecule has 15 nitrogen and oxygen atoms in total. The minimum Gasteiger partial charge on any atom is -0.491 e. The average molecular weight is 659 g/mol. The first-order chi connectivity index (χ1) is 22.2. The maximum absolute atomic E-state index is 13.3. The van der Waals surface area contributed by atoms with Gasteiger partial charge in [-0.3, -0.25) is 14.9 Å². The summed E-state index contributed by atoms with van der Waals surface area (Å²) < 4.78 is 21.7. The van der Waals surface area contributed by atoms with Crippen LogP contribution in [0.15, 0.2) is 77.1 Å². The van der Waals surface area contributed by atoms with Crippen molar-refractivity contribution in [1.82, 2.24) is 16.0 Å². The Bertz CT molecular complexity index is 1430. The van der Waals surface area contributed by atoms with Crippen LogP contribution in [0.1, 0.15) is 32.3 Å². The van der Waals surface area contributed by atoms with E-state index in [1.54, 1.807) is 39.0 Å². The number of rotatable bonds is 18. The summed E-state index contributed by atoms with van der Waals surface area (Å²) in [7, 11) is 0. The van der Waals surface area contributed by atoms with E-state index in [9.17, 15) is 29.6 Å². The second-order valence-electron chi connectivity index (χ2n) is 10.1. The number of esters is 2. The maximum Gasteiger partial charge on any atom is 0.336 e. The van der Waals surface area contributed by atoms with Crippen LogP contribution in [0.5, 0.6) is 5.75 Å². The summed E-state index contributed by atoms with van der Waals surface area (Å²) in [6.45, 7) is 5.44. The summed E-state index contributed by atoms with van der Waals surface area (Å²) in [6, 6.07) is 14.8. The number of nitrogens with one attached hydrogen (secondary N) is 3. The van der Waals surface area contributed by atoms with Crippen molar-refractivity contribution in [3.05, 3.63) is 92.8 Å². The zero-order valence-electron chi connectivity index (χ0n) is 26.6. The van der Waals surface area contributed by atoms with Gasteiger partial charge in [-0.2, -0.15) is 0 Å². The summed E-state index contributed by atoms with van der Waals surface area (Å²) in [6.07, 6.45) is -0.739. The van der Waals surface area contributed by atoms with Gasteiger partial charge in [0.15, 0.2) is 0 Å². The fourth-order valence-corrected chi connectivity index (χ4v) is 4.71. The van der Waals surface area contributed by atoms with Crippen molar-refractivity contribution in [3.8, 4) is 5.75 Å². The highest BCUT2D eigenvalue weighted by atomic mass is 16.6.